The summed E-state index contributed by atoms with van der Waals surface area (Å²) in [4.78, 5) is 10.9. The molecule has 98 valence electrons. The number of hydrogen-bond acceptors (Lipinski definition) is 3. The average molecular weight is 275 g/mol. The molecule has 0 spiro atoms. The summed E-state index contributed by atoms with van der Waals surface area (Å²) in [5.41, 5.74) is 0.471. The van der Waals surface area contributed by atoms with Crippen LogP contribution >= 0.6 is 0 Å². The van der Waals surface area contributed by atoms with Crippen molar-refractivity contribution in [3.05, 3.63) is 60.7 Å². The number of benzene rings is 2. The number of hydrogen-bond donors (Lipinski definition) is 0. The maximum Gasteiger partial charge on any atom is 0.264 e. The molecule has 5 heteroatoms. The minimum Gasteiger partial charge on any atom is -0.301 e. The second-order valence-electron chi connectivity index (χ2n) is 3.85. The number of rotatable bonds is 5. The van der Waals surface area contributed by atoms with Gasteiger partial charge in [0.25, 0.3) is 10.0 Å². The Kier molecular flexibility index (Phi) is 3.97. The normalized spacial score (nSPS) is 10.9. The minimum absolute atomic E-state index is 0.167. The first-order valence-electron chi connectivity index (χ1n) is 5.73. The first-order chi connectivity index (χ1) is 9.16. The molecule has 2 aromatic carbocycles. The number of sulfonamides is 1. The molecular weight excluding hydrogens is 262 g/mol. The van der Waals surface area contributed by atoms with Crippen LogP contribution < -0.4 is 4.31 Å². The molecule has 0 fully saturated rings. The lowest BCUT2D eigenvalue weighted by molar-refractivity contribution is -0.106. The van der Waals surface area contributed by atoms with Crippen LogP contribution in [0.1, 0.15) is 0 Å². The van der Waals surface area contributed by atoms with Gasteiger partial charge in [-0.1, -0.05) is 36.4 Å². The topological polar surface area (TPSA) is 54.5 Å². The van der Waals surface area contributed by atoms with Crippen LogP contribution in [-0.2, 0) is 14.8 Å². The van der Waals surface area contributed by atoms with E-state index in [1.807, 2.05) is 0 Å². The zero-order valence-electron chi connectivity index (χ0n) is 10.1. The predicted molar refractivity (Wildman–Crippen MR) is 73.5 cm³/mol. The largest absolute Gasteiger partial charge is 0.301 e. The van der Waals surface area contributed by atoms with E-state index in [0.717, 1.165) is 4.31 Å². The van der Waals surface area contributed by atoms with Crippen LogP contribution in [-0.4, -0.2) is 21.2 Å². The lowest BCUT2D eigenvalue weighted by Crippen LogP contribution is -2.32. The van der Waals surface area contributed by atoms with Crippen LogP contribution in [0.3, 0.4) is 0 Å². The molecule has 0 aromatic heterocycles. The SMILES string of the molecule is O=CCN(c1ccccc1)S(=O)(=O)c1ccccc1. The van der Waals surface area contributed by atoms with Crippen molar-refractivity contribution < 1.29 is 13.2 Å². The predicted octanol–water partition coefficient (Wildman–Crippen LogP) is 2.08. The lowest BCUT2D eigenvalue weighted by Gasteiger charge is -2.22. The molecule has 0 atom stereocenters. The molecule has 0 aliphatic carbocycles. The molecule has 2 rings (SSSR count). The van der Waals surface area contributed by atoms with E-state index in [1.165, 1.54) is 12.1 Å². The van der Waals surface area contributed by atoms with Crippen molar-refractivity contribution in [3.63, 3.8) is 0 Å². The number of nitrogens with zero attached hydrogens (tertiary/aromatic N) is 1. The van der Waals surface area contributed by atoms with Gasteiger partial charge in [0.2, 0.25) is 0 Å². The van der Waals surface area contributed by atoms with Gasteiger partial charge in [-0.3, -0.25) is 4.31 Å². The van der Waals surface area contributed by atoms with Gasteiger partial charge in [0.1, 0.15) is 6.29 Å². The van der Waals surface area contributed by atoms with Crippen molar-refractivity contribution in [2.75, 3.05) is 10.8 Å². The van der Waals surface area contributed by atoms with Crippen molar-refractivity contribution in [1.82, 2.24) is 0 Å². The van der Waals surface area contributed by atoms with E-state index in [0.29, 0.717) is 12.0 Å². The second kappa shape index (κ2) is 5.67. The highest BCUT2D eigenvalue weighted by molar-refractivity contribution is 7.92. The Labute approximate surface area is 112 Å². The van der Waals surface area contributed by atoms with Gasteiger partial charge in [-0.25, -0.2) is 8.42 Å². The Morgan fingerprint density at radius 3 is 1.95 bits per heavy atom. The fraction of sp³-hybridized carbons (Fsp3) is 0.0714. The summed E-state index contributed by atoms with van der Waals surface area (Å²) in [5, 5.41) is 0. The van der Waals surface area contributed by atoms with Crippen molar-refractivity contribution in [1.29, 1.82) is 0 Å². The number of carbonyl (C=O) groups is 1. The average Bonchev–Trinajstić information content (AvgIpc) is 2.46. The quantitative estimate of drug-likeness (QED) is 0.785. The lowest BCUT2D eigenvalue weighted by atomic mass is 10.3. The Hall–Kier alpha value is -2.14. The summed E-state index contributed by atoms with van der Waals surface area (Å²) in [7, 11) is -3.71. The molecule has 4 nitrogen and oxygen atoms in total. The maximum atomic E-state index is 12.5. The second-order valence-corrected chi connectivity index (χ2v) is 5.71. The molecule has 0 amide bonds. The van der Waals surface area contributed by atoms with Gasteiger partial charge < -0.3 is 4.79 Å². The van der Waals surface area contributed by atoms with Crippen molar-refractivity contribution in [3.8, 4) is 0 Å². The highest BCUT2D eigenvalue weighted by Crippen LogP contribution is 2.22. The Morgan fingerprint density at radius 2 is 1.42 bits per heavy atom. The molecule has 0 saturated carbocycles. The van der Waals surface area contributed by atoms with Gasteiger partial charge in [0.05, 0.1) is 17.1 Å². The van der Waals surface area contributed by atoms with Crippen molar-refractivity contribution >= 4 is 22.0 Å². The first kappa shape index (κ1) is 13.3. The summed E-state index contributed by atoms with van der Waals surface area (Å²) < 4.78 is 26.1. The van der Waals surface area contributed by atoms with Crippen LogP contribution in [0.25, 0.3) is 0 Å². The molecule has 0 unspecified atom stereocenters. The highest BCUT2D eigenvalue weighted by Gasteiger charge is 2.23. The number of aldehydes is 1. The molecule has 19 heavy (non-hydrogen) atoms. The highest BCUT2D eigenvalue weighted by atomic mass is 32.2. The fourth-order valence-electron chi connectivity index (χ4n) is 1.72. The van der Waals surface area contributed by atoms with Crippen molar-refractivity contribution in [2.24, 2.45) is 0 Å². The number of anilines is 1. The molecular formula is C14H13NO3S. The molecule has 0 aliphatic heterocycles. The molecule has 0 radical (unpaired) electrons. The Balaban J connectivity index is 2.48. The third-order valence-electron chi connectivity index (χ3n) is 2.62. The van der Waals surface area contributed by atoms with E-state index < -0.39 is 10.0 Å². The Bertz CT molecular complexity index is 639. The van der Waals surface area contributed by atoms with E-state index in [4.69, 9.17) is 0 Å². The van der Waals surface area contributed by atoms with Gasteiger partial charge in [-0.05, 0) is 24.3 Å². The molecule has 0 heterocycles. The smallest absolute Gasteiger partial charge is 0.264 e. The van der Waals surface area contributed by atoms with Gasteiger partial charge >= 0.3 is 0 Å². The zero-order valence-corrected chi connectivity index (χ0v) is 11.0. The van der Waals surface area contributed by atoms with Gasteiger partial charge in [-0.2, -0.15) is 0 Å². The standard InChI is InChI=1S/C14H13NO3S/c16-12-11-15(13-7-3-1-4-8-13)19(17,18)14-9-5-2-6-10-14/h1-10,12H,11H2. The summed E-state index contributed by atoms with van der Waals surface area (Å²) in [6, 6.07) is 16.6. The monoisotopic (exact) mass is 275 g/mol. The van der Waals surface area contributed by atoms with Crippen LogP contribution in [0.2, 0.25) is 0 Å². The molecule has 0 N–H and O–H groups in total. The van der Waals surface area contributed by atoms with Crippen molar-refractivity contribution in [2.45, 2.75) is 4.90 Å². The van der Waals surface area contributed by atoms with Gasteiger partial charge in [-0.15, -0.1) is 0 Å². The molecule has 0 aliphatic rings. The van der Waals surface area contributed by atoms with Gasteiger partial charge in [0, 0.05) is 0 Å². The third kappa shape index (κ3) is 2.82. The zero-order chi connectivity index (χ0) is 13.7. The minimum atomic E-state index is -3.71. The summed E-state index contributed by atoms with van der Waals surface area (Å²) >= 11 is 0. The van der Waals surface area contributed by atoms with Gasteiger partial charge in [0.15, 0.2) is 0 Å². The van der Waals surface area contributed by atoms with E-state index in [9.17, 15) is 13.2 Å². The van der Waals surface area contributed by atoms with Crippen LogP contribution in [0.5, 0.6) is 0 Å². The number of para-hydroxylation sites is 1. The third-order valence-corrected chi connectivity index (χ3v) is 4.42. The van der Waals surface area contributed by atoms with E-state index in [2.05, 4.69) is 0 Å². The number of carbonyl (C=O) groups excluding carboxylic acids is 1. The molecule has 2 aromatic rings. The molecule has 0 saturated heterocycles. The summed E-state index contributed by atoms with van der Waals surface area (Å²) in [6.07, 6.45) is 0.577. The molecule has 0 bridgehead atoms. The first-order valence-corrected chi connectivity index (χ1v) is 7.17. The van der Waals surface area contributed by atoms with E-state index in [1.54, 1.807) is 48.5 Å². The van der Waals surface area contributed by atoms with E-state index >= 15 is 0 Å². The van der Waals surface area contributed by atoms with E-state index in [-0.39, 0.29) is 11.4 Å². The maximum absolute atomic E-state index is 12.5. The Morgan fingerprint density at radius 1 is 0.895 bits per heavy atom. The summed E-state index contributed by atoms with van der Waals surface area (Å²) in [6.45, 7) is -0.207. The fourth-order valence-corrected chi connectivity index (χ4v) is 3.14. The van der Waals surface area contributed by atoms with Crippen LogP contribution in [0.15, 0.2) is 65.6 Å². The van der Waals surface area contributed by atoms with Crippen LogP contribution in [0, 0.1) is 0 Å². The van der Waals surface area contributed by atoms with Crippen LogP contribution in [0.4, 0.5) is 5.69 Å². The summed E-state index contributed by atoms with van der Waals surface area (Å²) in [5.74, 6) is 0.